The summed E-state index contributed by atoms with van der Waals surface area (Å²) in [6.07, 6.45) is 5.86. The maximum absolute atomic E-state index is 12.0. The van der Waals surface area contributed by atoms with E-state index in [2.05, 4.69) is 26.1 Å². The van der Waals surface area contributed by atoms with Gasteiger partial charge in [0.15, 0.2) is 0 Å². The summed E-state index contributed by atoms with van der Waals surface area (Å²) >= 11 is 0. The van der Waals surface area contributed by atoms with Crippen molar-refractivity contribution in [3.05, 3.63) is 0 Å². The second-order valence-electron chi connectivity index (χ2n) is 6.49. The minimum Gasteiger partial charge on any atom is -0.296 e. The van der Waals surface area contributed by atoms with E-state index in [-0.39, 0.29) is 23.1 Å². The van der Waals surface area contributed by atoms with Crippen LogP contribution in [0.4, 0.5) is 0 Å². The highest BCUT2D eigenvalue weighted by atomic mass is 16.2. The second kappa shape index (κ2) is 5.02. The average Bonchev–Trinajstić information content (AvgIpc) is 2.28. The molecule has 1 N–H and O–H groups in total. The molecule has 2 aliphatic rings. The standard InChI is InChI=1S/C15H25NO2/c1-4-12-14(18)16-13(17)9-15(12)7-5-11(6-8-15)10(2)3/h10-12H,4-9H2,1-3H3,(H,16,17,18). The fourth-order valence-corrected chi connectivity index (χ4v) is 4.02. The molecule has 0 aromatic rings. The van der Waals surface area contributed by atoms with Gasteiger partial charge in [0, 0.05) is 12.3 Å². The molecule has 0 radical (unpaired) electrons. The maximum atomic E-state index is 12.0. The lowest BCUT2D eigenvalue weighted by molar-refractivity contribution is -0.146. The Morgan fingerprint density at radius 2 is 1.89 bits per heavy atom. The lowest BCUT2D eigenvalue weighted by Crippen LogP contribution is -2.53. The van der Waals surface area contributed by atoms with Crippen LogP contribution in [0.15, 0.2) is 0 Å². The molecule has 2 rings (SSSR count). The Labute approximate surface area is 110 Å². The van der Waals surface area contributed by atoms with Crippen molar-refractivity contribution in [3.8, 4) is 0 Å². The third-order valence-electron chi connectivity index (χ3n) is 5.21. The molecule has 2 amide bonds. The van der Waals surface area contributed by atoms with Gasteiger partial charge in [-0.05, 0) is 49.4 Å². The zero-order chi connectivity index (χ0) is 13.3. The molecular weight excluding hydrogens is 226 g/mol. The quantitative estimate of drug-likeness (QED) is 0.767. The number of carbonyl (C=O) groups is 2. The van der Waals surface area contributed by atoms with Crippen molar-refractivity contribution in [2.75, 3.05) is 0 Å². The summed E-state index contributed by atoms with van der Waals surface area (Å²) in [6, 6.07) is 0. The highest BCUT2D eigenvalue weighted by Gasteiger charge is 2.49. The molecule has 1 aliphatic heterocycles. The number of hydrogen-bond donors (Lipinski definition) is 1. The van der Waals surface area contributed by atoms with Gasteiger partial charge in [0.2, 0.25) is 11.8 Å². The van der Waals surface area contributed by atoms with Crippen molar-refractivity contribution in [1.29, 1.82) is 0 Å². The van der Waals surface area contributed by atoms with E-state index in [0.29, 0.717) is 6.42 Å². The van der Waals surface area contributed by atoms with E-state index in [1.807, 2.05) is 0 Å². The molecule has 1 saturated carbocycles. The normalized spacial score (nSPS) is 37.1. The van der Waals surface area contributed by atoms with E-state index in [9.17, 15) is 9.59 Å². The third kappa shape index (κ3) is 2.32. The summed E-state index contributed by atoms with van der Waals surface area (Å²) in [7, 11) is 0. The van der Waals surface area contributed by atoms with Gasteiger partial charge in [-0.3, -0.25) is 14.9 Å². The molecule has 1 atom stereocenters. The number of imide groups is 1. The van der Waals surface area contributed by atoms with Crippen LogP contribution >= 0.6 is 0 Å². The lowest BCUT2D eigenvalue weighted by atomic mass is 9.58. The highest BCUT2D eigenvalue weighted by molar-refractivity contribution is 5.99. The van der Waals surface area contributed by atoms with Gasteiger partial charge in [0.05, 0.1) is 0 Å². The van der Waals surface area contributed by atoms with Crippen LogP contribution in [0.5, 0.6) is 0 Å². The van der Waals surface area contributed by atoms with Crippen LogP contribution in [-0.4, -0.2) is 11.8 Å². The number of carbonyl (C=O) groups excluding carboxylic acids is 2. The lowest BCUT2D eigenvalue weighted by Gasteiger charge is -2.47. The largest absolute Gasteiger partial charge is 0.296 e. The zero-order valence-electron chi connectivity index (χ0n) is 11.8. The molecule has 1 spiro atoms. The van der Waals surface area contributed by atoms with Crippen LogP contribution in [0.2, 0.25) is 0 Å². The summed E-state index contributed by atoms with van der Waals surface area (Å²) in [4.78, 5) is 23.7. The van der Waals surface area contributed by atoms with E-state index in [0.717, 1.165) is 31.1 Å². The molecule has 1 aliphatic carbocycles. The predicted molar refractivity (Wildman–Crippen MR) is 70.8 cm³/mol. The highest BCUT2D eigenvalue weighted by Crippen LogP contribution is 2.50. The molecule has 0 bridgehead atoms. The molecule has 102 valence electrons. The number of hydrogen-bond acceptors (Lipinski definition) is 2. The smallest absolute Gasteiger partial charge is 0.230 e. The van der Waals surface area contributed by atoms with Crippen molar-refractivity contribution in [2.45, 2.75) is 59.3 Å². The minimum absolute atomic E-state index is 0.0282. The van der Waals surface area contributed by atoms with E-state index in [1.54, 1.807) is 0 Å². The maximum Gasteiger partial charge on any atom is 0.230 e. The average molecular weight is 251 g/mol. The minimum atomic E-state index is -0.0623. The van der Waals surface area contributed by atoms with Gasteiger partial charge in [-0.2, -0.15) is 0 Å². The Morgan fingerprint density at radius 1 is 1.28 bits per heavy atom. The van der Waals surface area contributed by atoms with Gasteiger partial charge in [-0.1, -0.05) is 20.8 Å². The molecule has 1 saturated heterocycles. The summed E-state index contributed by atoms with van der Waals surface area (Å²) in [5.74, 6) is 1.44. The molecule has 0 aromatic heterocycles. The SMILES string of the molecule is CCC1C(=O)NC(=O)CC12CCC(C(C)C)CC2. The van der Waals surface area contributed by atoms with E-state index in [1.165, 1.54) is 12.8 Å². The summed E-state index contributed by atoms with van der Waals surface area (Å²) < 4.78 is 0. The van der Waals surface area contributed by atoms with Crippen molar-refractivity contribution in [3.63, 3.8) is 0 Å². The predicted octanol–water partition coefficient (Wildman–Crippen LogP) is 2.89. The number of amides is 2. The van der Waals surface area contributed by atoms with Crippen LogP contribution in [0.3, 0.4) is 0 Å². The molecule has 0 aromatic carbocycles. The second-order valence-corrected chi connectivity index (χ2v) is 6.49. The first kappa shape index (κ1) is 13.6. The van der Waals surface area contributed by atoms with Crippen molar-refractivity contribution in [1.82, 2.24) is 5.32 Å². The number of nitrogens with one attached hydrogen (secondary N) is 1. The first-order chi connectivity index (χ1) is 8.48. The number of rotatable bonds is 2. The third-order valence-corrected chi connectivity index (χ3v) is 5.21. The topological polar surface area (TPSA) is 46.2 Å². The Balaban J connectivity index is 2.14. The fourth-order valence-electron chi connectivity index (χ4n) is 4.02. The fraction of sp³-hybridized carbons (Fsp3) is 0.867. The monoisotopic (exact) mass is 251 g/mol. The van der Waals surface area contributed by atoms with Crippen LogP contribution in [-0.2, 0) is 9.59 Å². The van der Waals surface area contributed by atoms with E-state index < -0.39 is 0 Å². The Kier molecular flexibility index (Phi) is 3.79. The van der Waals surface area contributed by atoms with Crippen LogP contribution in [0, 0.1) is 23.2 Å². The summed E-state index contributed by atoms with van der Waals surface area (Å²) in [5, 5.41) is 2.51. The van der Waals surface area contributed by atoms with Crippen LogP contribution < -0.4 is 5.32 Å². The molecular formula is C15H25NO2. The van der Waals surface area contributed by atoms with Crippen molar-refractivity contribution in [2.24, 2.45) is 23.2 Å². The zero-order valence-corrected chi connectivity index (χ0v) is 11.8. The van der Waals surface area contributed by atoms with Gasteiger partial charge in [-0.25, -0.2) is 0 Å². The first-order valence-electron chi connectivity index (χ1n) is 7.32. The van der Waals surface area contributed by atoms with Crippen LogP contribution in [0.1, 0.15) is 59.3 Å². The molecule has 1 heterocycles. The number of piperidine rings is 1. The Morgan fingerprint density at radius 3 is 2.39 bits per heavy atom. The summed E-state index contributed by atoms with van der Waals surface area (Å²) in [5.41, 5.74) is -0.0282. The van der Waals surface area contributed by atoms with Gasteiger partial charge in [-0.15, -0.1) is 0 Å². The first-order valence-corrected chi connectivity index (χ1v) is 7.32. The molecule has 3 nitrogen and oxygen atoms in total. The molecule has 3 heteroatoms. The van der Waals surface area contributed by atoms with Gasteiger partial charge >= 0.3 is 0 Å². The van der Waals surface area contributed by atoms with E-state index >= 15 is 0 Å². The molecule has 18 heavy (non-hydrogen) atoms. The summed E-state index contributed by atoms with van der Waals surface area (Å²) in [6.45, 7) is 6.62. The Bertz CT molecular complexity index is 340. The van der Waals surface area contributed by atoms with Crippen LogP contribution in [0.25, 0.3) is 0 Å². The molecule has 2 fully saturated rings. The van der Waals surface area contributed by atoms with Gasteiger partial charge in [0.25, 0.3) is 0 Å². The molecule has 1 unspecified atom stereocenters. The van der Waals surface area contributed by atoms with Gasteiger partial charge < -0.3 is 0 Å². The van der Waals surface area contributed by atoms with Crippen molar-refractivity contribution < 1.29 is 9.59 Å². The van der Waals surface area contributed by atoms with E-state index in [4.69, 9.17) is 0 Å². The van der Waals surface area contributed by atoms with Gasteiger partial charge in [0.1, 0.15) is 0 Å². The van der Waals surface area contributed by atoms with Crippen molar-refractivity contribution >= 4 is 11.8 Å². The Hall–Kier alpha value is -0.860.